The zero-order valence-electron chi connectivity index (χ0n) is 13.4. The molecule has 1 fully saturated rings. The molecule has 8 heteroatoms. The number of halogens is 3. The van der Waals surface area contributed by atoms with Crippen LogP contribution in [0.25, 0.3) is 0 Å². The molecule has 0 spiro atoms. The highest BCUT2D eigenvalue weighted by Crippen LogP contribution is 2.31. The molecule has 2 amide bonds. The molecule has 1 aromatic carbocycles. The Kier molecular flexibility index (Phi) is 5.48. The van der Waals surface area contributed by atoms with Crippen LogP contribution in [0.3, 0.4) is 0 Å². The van der Waals surface area contributed by atoms with Crippen molar-refractivity contribution in [1.29, 1.82) is 0 Å². The molecule has 1 N–H and O–H groups in total. The third-order valence-corrected chi connectivity index (χ3v) is 4.13. The maximum absolute atomic E-state index is 12.8. The monoisotopic (exact) mass is 344 g/mol. The number of alkyl halides is 3. The average Bonchev–Trinajstić information content (AvgIpc) is 2.97. The Morgan fingerprint density at radius 2 is 2.04 bits per heavy atom. The first kappa shape index (κ1) is 18.3. The fraction of sp³-hybridized carbons (Fsp3) is 0.500. The second-order valence-electron chi connectivity index (χ2n) is 5.72. The Morgan fingerprint density at radius 3 is 2.62 bits per heavy atom. The van der Waals surface area contributed by atoms with E-state index in [0.29, 0.717) is 6.61 Å². The summed E-state index contributed by atoms with van der Waals surface area (Å²) in [6.07, 6.45) is -4.51. The number of benzene rings is 1. The number of amides is 2. The number of rotatable bonds is 4. The molecule has 1 aliphatic rings. The van der Waals surface area contributed by atoms with Crippen molar-refractivity contribution in [2.45, 2.75) is 6.18 Å². The van der Waals surface area contributed by atoms with E-state index < -0.39 is 23.6 Å². The van der Waals surface area contributed by atoms with Crippen LogP contribution >= 0.6 is 0 Å². The van der Waals surface area contributed by atoms with E-state index in [0.717, 1.165) is 12.1 Å². The molecule has 0 aromatic heterocycles. The van der Waals surface area contributed by atoms with E-state index in [1.54, 1.807) is 0 Å². The summed E-state index contributed by atoms with van der Waals surface area (Å²) in [7, 11) is 3.00. The number of nitrogens with zero attached hydrogens (tertiary/aromatic N) is 1. The van der Waals surface area contributed by atoms with Crippen molar-refractivity contribution in [3.05, 3.63) is 35.4 Å². The van der Waals surface area contributed by atoms with Crippen molar-refractivity contribution in [3.8, 4) is 0 Å². The predicted octanol–water partition coefficient (Wildman–Crippen LogP) is 1.79. The first-order chi connectivity index (χ1) is 11.3. The fourth-order valence-electron chi connectivity index (χ4n) is 2.91. The molecule has 2 rings (SSSR count). The summed E-state index contributed by atoms with van der Waals surface area (Å²) in [5, 5.41) is 2.54. The van der Waals surface area contributed by atoms with Crippen LogP contribution in [0, 0.1) is 11.8 Å². The van der Waals surface area contributed by atoms with Gasteiger partial charge in [0.2, 0.25) is 5.91 Å². The lowest BCUT2D eigenvalue weighted by Crippen LogP contribution is -2.34. The zero-order valence-corrected chi connectivity index (χ0v) is 13.4. The average molecular weight is 344 g/mol. The van der Waals surface area contributed by atoms with Crippen molar-refractivity contribution in [1.82, 2.24) is 10.2 Å². The summed E-state index contributed by atoms with van der Waals surface area (Å²) in [6, 6.07) is 4.30. The minimum absolute atomic E-state index is 0.0430. The SMILES string of the molecule is CNC(=O)[C@@H]1CN(C(=O)c2cccc(C(F)(F)F)c2)C[C@H]1COC. The molecule has 0 radical (unpaired) electrons. The maximum Gasteiger partial charge on any atom is 0.416 e. The third-order valence-electron chi connectivity index (χ3n) is 4.13. The molecular formula is C16H19F3N2O3. The van der Waals surface area contributed by atoms with Crippen LogP contribution in [0.1, 0.15) is 15.9 Å². The lowest BCUT2D eigenvalue weighted by atomic mass is 9.96. The van der Waals surface area contributed by atoms with Gasteiger partial charge in [-0.2, -0.15) is 13.2 Å². The van der Waals surface area contributed by atoms with Gasteiger partial charge in [-0.1, -0.05) is 6.07 Å². The highest BCUT2D eigenvalue weighted by molar-refractivity contribution is 5.95. The number of ether oxygens (including phenoxy) is 1. The topological polar surface area (TPSA) is 58.6 Å². The molecule has 0 bridgehead atoms. The molecule has 5 nitrogen and oxygen atoms in total. The van der Waals surface area contributed by atoms with E-state index in [1.165, 1.54) is 31.2 Å². The summed E-state index contributed by atoms with van der Waals surface area (Å²) >= 11 is 0. The highest BCUT2D eigenvalue weighted by Gasteiger charge is 2.39. The van der Waals surface area contributed by atoms with E-state index in [1.807, 2.05) is 0 Å². The van der Waals surface area contributed by atoms with Crippen LogP contribution < -0.4 is 5.32 Å². The van der Waals surface area contributed by atoms with Crippen molar-refractivity contribution in [3.63, 3.8) is 0 Å². The van der Waals surface area contributed by atoms with Gasteiger partial charge in [0.1, 0.15) is 0 Å². The summed E-state index contributed by atoms with van der Waals surface area (Å²) in [5.74, 6) is -1.36. The van der Waals surface area contributed by atoms with Crippen molar-refractivity contribution in [2.24, 2.45) is 11.8 Å². The molecule has 0 saturated carbocycles. The van der Waals surface area contributed by atoms with Gasteiger partial charge in [-0.05, 0) is 18.2 Å². The minimum atomic E-state index is -4.51. The number of hydrogen-bond acceptors (Lipinski definition) is 3. The number of carbonyl (C=O) groups excluding carboxylic acids is 2. The van der Waals surface area contributed by atoms with E-state index in [-0.39, 0.29) is 30.5 Å². The van der Waals surface area contributed by atoms with Gasteiger partial charge in [0.25, 0.3) is 5.91 Å². The fourth-order valence-corrected chi connectivity index (χ4v) is 2.91. The number of nitrogens with one attached hydrogen (secondary N) is 1. The van der Waals surface area contributed by atoms with Gasteiger partial charge >= 0.3 is 6.18 Å². The van der Waals surface area contributed by atoms with Gasteiger partial charge in [-0.3, -0.25) is 9.59 Å². The lowest BCUT2D eigenvalue weighted by Gasteiger charge is -2.17. The van der Waals surface area contributed by atoms with Gasteiger partial charge in [-0.25, -0.2) is 0 Å². The summed E-state index contributed by atoms with van der Waals surface area (Å²) < 4.78 is 43.5. The quantitative estimate of drug-likeness (QED) is 0.906. The lowest BCUT2D eigenvalue weighted by molar-refractivity contribution is -0.137. The van der Waals surface area contributed by atoms with Crippen molar-refractivity contribution in [2.75, 3.05) is 33.9 Å². The largest absolute Gasteiger partial charge is 0.416 e. The smallest absolute Gasteiger partial charge is 0.384 e. The number of carbonyl (C=O) groups is 2. The normalized spacial score (nSPS) is 21.0. The van der Waals surface area contributed by atoms with Crippen molar-refractivity contribution >= 4 is 11.8 Å². The number of likely N-dealkylation sites (tertiary alicyclic amines) is 1. The minimum Gasteiger partial charge on any atom is -0.384 e. The third kappa shape index (κ3) is 3.87. The second-order valence-corrected chi connectivity index (χ2v) is 5.72. The summed E-state index contributed by atoms with van der Waals surface area (Å²) in [5.41, 5.74) is -0.914. The van der Waals surface area contributed by atoms with Crippen molar-refractivity contribution < 1.29 is 27.5 Å². The molecule has 1 aromatic rings. The molecule has 1 heterocycles. The van der Waals surface area contributed by atoms with Crippen LogP contribution in [0.4, 0.5) is 13.2 Å². The van der Waals surface area contributed by atoms with E-state index in [4.69, 9.17) is 4.74 Å². The zero-order chi connectivity index (χ0) is 17.9. The first-order valence-corrected chi connectivity index (χ1v) is 7.45. The first-order valence-electron chi connectivity index (χ1n) is 7.45. The summed E-state index contributed by atoms with van der Waals surface area (Å²) in [4.78, 5) is 25.9. The maximum atomic E-state index is 12.8. The van der Waals surface area contributed by atoms with Crippen LogP contribution in [0.15, 0.2) is 24.3 Å². The van der Waals surface area contributed by atoms with Crippen LogP contribution in [-0.2, 0) is 15.7 Å². The van der Waals surface area contributed by atoms with Crippen LogP contribution in [0.2, 0.25) is 0 Å². The van der Waals surface area contributed by atoms with E-state index >= 15 is 0 Å². The summed E-state index contributed by atoms with van der Waals surface area (Å²) in [6.45, 7) is 0.717. The van der Waals surface area contributed by atoms with Gasteiger partial charge in [0.15, 0.2) is 0 Å². The predicted molar refractivity (Wildman–Crippen MR) is 80.3 cm³/mol. The molecule has 1 saturated heterocycles. The Morgan fingerprint density at radius 1 is 1.33 bits per heavy atom. The second kappa shape index (κ2) is 7.21. The Hall–Kier alpha value is -2.09. The van der Waals surface area contributed by atoms with E-state index in [9.17, 15) is 22.8 Å². The number of hydrogen-bond donors (Lipinski definition) is 1. The molecule has 24 heavy (non-hydrogen) atoms. The highest BCUT2D eigenvalue weighted by atomic mass is 19.4. The molecule has 0 aliphatic carbocycles. The standard InChI is InChI=1S/C16H19F3N2O3/c1-20-14(22)13-8-21(7-11(13)9-24-2)15(23)10-4-3-5-12(6-10)16(17,18)19/h3-6,11,13H,7-9H2,1-2H3,(H,20,22)/t11-,13+/m0/s1. The van der Waals surface area contributed by atoms with Gasteiger partial charge in [0, 0.05) is 38.7 Å². The number of methoxy groups -OCH3 is 1. The Labute approximate surface area is 137 Å². The van der Waals surface area contributed by atoms with Crippen LogP contribution in [0.5, 0.6) is 0 Å². The Balaban J connectivity index is 2.20. The Bertz CT molecular complexity index is 619. The van der Waals surface area contributed by atoms with Gasteiger partial charge in [0.05, 0.1) is 18.1 Å². The molecule has 2 atom stereocenters. The molecule has 0 unspecified atom stereocenters. The van der Waals surface area contributed by atoms with E-state index in [2.05, 4.69) is 5.32 Å². The van der Waals surface area contributed by atoms with Crippen LogP contribution in [-0.4, -0.2) is 50.6 Å². The molecule has 1 aliphatic heterocycles. The van der Waals surface area contributed by atoms with Gasteiger partial charge < -0.3 is 15.0 Å². The molecular weight excluding hydrogens is 325 g/mol. The molecule has 132 valence electrons. The van der Waals surface area contributed by atoms with Gasteiger partial charge in [-0.15, -0.1) is 0 Å².